The number of likely N-dealkylation sites (tertiary alicyclic amines) is 1. The predicted octanol–water partition coefficient (Wildman–Crippen LogP) is 2.02. The van der Waals surface area contributed by atoms with Crippen molar-refractivity contribution in [2.24, 2.45) is 5.92 Å². The van der Waals surface area contributed by atoms with Crippen LogP contribution in [0.25, 0.3) is 0 Å². The van der Waals surface area contributed by atoms with E-state index in [0.29, 0.717) is 25.2 Å². The molecule has 0 radical (unpaired) electrons. The third-order valence-electron chi connectivity index (χ3n) is 5.07. The van der Waals surface area contributed by atoms with Gasteiger partial charge in [0.1, 0.15) is 0 Å². The zero-order chi connectivity index (χ0) is 17.6. The number of nitro benzene ring substituents is 1. The predicted molar refractivity (Wildman–Crippen MR) is 90.5 cm³/mol. The van der Waals surface area contributed by atoms with Crippen LogP contribution in [0, 0.1) is 16.0 Å². The van der Waals surface area contributed by atoms with Gasteiger partial charge in [-0.05, 0) is 24.5 Å². The lowest BCUT2D eigenvalue weighted by atomic mass is 9.83. The molecule has 0 spiro atoms. The third kappa shape index (κ3) is 2.71. The summed E-state index contributed by atoms with van der Waals surface area (Å²) < 4.78 is 1.81. The van der Waals surface area contributed by atoms with E-state index in [0.717, 1.165) is 12.1 Å². The van der Waals surface area contributed by atoms with Crippen LogP contribution in [0.1, 0.15) is 28.4 Å². The highest BCUT2D eigenvalue weighted by atomic mass is 16.6. The Bertz CT molecular complexity index is 921. The Morgan fingerprint density at radius 3 is 2.72 bits per heavy atom. The molecule has 2 aromatic rings. The van der Waals surface area contributed by atoms with Crippen LogP contribution in [-0.2, 0) is 6.54 Å². The van der Waals surface area contributed by atoms with Gasteiger partial charge < -0.3 is 9.47 Å². The lowest BCUT2D eigenvalue weighted by Crippen LogP contribution is -2.49. The van der Waals surface area contributed by atoms with Crippen molar-refractivity contribution in [1.29, 1.82) is 0 Å². The number of benzene rings is 1. The molecule has 25 heavy (non-hydrogen) atoms. The van der Waals surface area contributed by atoms with Gasteiger partial charge in [-0.2, -0.15) is 0 Å². The summed E-state index contributed by atoms with van der Waals surface area (Å²) in [5, 5.41) is 10.9. The smallest absolute Gasteiger partial charge is 0.270 e. The Labute approximate surface area is 143 Å². The van der Waals surface area contributed by atoms with Crippen LogP contribution in [0.4, 0.5) is 5.69 Å². The average molecular weight is 339 g/mol. The van der Waals surface area contributed by atoms with E-state index in [9.17, 15) is 19.7 Å². The van der Waals surface area contributed by atoms with Gasteiger partial charge in [-0.15, -0.1) is 0 Å². The topological polar surface area (TPSA) is 85.4 Å². The maximum atomic E-state index is 12.8. The first-order valence-corrected chi connectivity index (χ1v) is 8.26. The van der Waals surface area contributed by atoms with E-state index in [1.165, 1.54) is 18.2 Å². The van der Waals surface area contributed by atoms with Gasteiger partial charge in [0.05, 0.1) is 4.92 Å². The zero-order valence-corrected chi connectivity index (χ0v) is 13.5. The molecule has 1 aromatic carbocycles. The first kappa shape index (κ1) is 15.6. The molecular formula is C18H17N3O4. The van der Waals surface area contributed by atoms with E-state index in [1.54, 1.807) is 23.1 Å². The number of non-ortho nitro benzene ring substituents is 1. The maximum absolute atomic E-state index is 12.8. The molecule has 1 aromatic heterocycles. The Kier molecular flexibility index (Phi) is 3.63. The zero-order valence-electron chi connectivity index (χ0n) is 13.5. The second-order valence-corrected chi connectivity index (χ2v) is 6.72. The standard InChI is InChI=1S/C18H17N3O4/c22-17-6-2-5-16-14-7-12(10-20(16)17)9-19(11-14)18(23)13-3-1-4-15(8-13)21(24)25/h1-6,8,12,14H,7,9-11H2/t12-,14+/m0/s1. The summed E-state index contributed by atoms with van der Waals surface area (Å²) in [7, 11) is 0. The monoisotopic (exact) mass is 339 g/mol. The van der Waals surface area contributed by atoms with Gasteiger partial charge in [-0.25, -0.2) is 0 Å². The normalized spacial score (nSPS) is 21.5. The molecule has 0 N–H and O–H groups in total. The van der Waals surface area contributed by atoms with Crippen LogP contribution in [0.2, 0.25) is 0 Å². The highest BCUT2D eigenvalue weighted by Crippen LogP contribution is 2.35. The molecule has 2 aliphatic rings. The summed E-state index contributed by atoms with van der Waals surface area (Å²) >= 11 is 0. The van der Waals surface area contributed by atoms with Crippen LogP contribution in [0.15, 0.2) is 47.3 Å². The van der Waals surface area contributed by atoms with Gasteiger partial charge in [0, 0.05) is 55.0 Å². The number of carbonyl (C=O) groups excluding carboxylic acids is 1. The highest BCUT2D eigenvalue weighted by molar-refractivity contribution is 5.95. The molecule has 3 heterocycles. The maximum Gasteiger partial charge on any atom is 0.270 e. The molecule has 4 rings (SSSR count). The van der Waals surface area contributed by atoms with Gasteiger partial charge >= 0.3 is 0 Å². The number of rotatable bonds is 2. The number of pyridine rings is 1. The quantitative estimate of drug-likeness (QED) is 0.619. The summed E-state index contributed by atoms with van der Waals surface area (Å²) in [4.78, 5) is 37.1. The molecule has 0 saturated carbocycles. The number of amides is 1. The van der Waals surface area contributed by atoms with Crippen LogP contribution in [0.3, 0.4) is 0 Å². The molecule has 7 heteroatoms. The number of hydrogen-bond acceptors (Lipinski definition) is 4. The second kappa shape index (κ2) is 5.84. The summed E-state index contributed by atoms with van der Waals surface area (Å²) in [6, 6.07) is 11.1. The van der Waals surface area contributed by atoms with Crippen molar-refractivity contribution >= 4 is 11.6 Å². The first-order chi connectivity index (χ1) is 12.0. The Morgan fingerprint density at radius 1 is 1.12 bits per heavy atom. The van der Waals surface area contributed by atoms with Gasteiger partial charge in [0.25, 0.3) is 17.2 Å². The van der Waals surface area contributed by atoms with Crippen LogP contribution >= 0.6 is 0 Å². The van der Waals surface area contributed by atoms with Crippen molar-refractivity contribution in [2.75, 3.05) is 13.1 Å². The van der Waals surface area contributed by atoms with Crippen LogP contribution in [0.5, 0.6) is 0 Å². The van der Waals surface area contributed by atoms with E-state index >= 15 is 0 Å². The van der Waals surface area contributed by atoms with Gasteiger partial charge in [-0.1, -0.05) is 12.1 Å². The van der Waals surface area contributed by atoms with Gasteiger partial charge in [0.15, 0.2) is 0 Å². The molecule has 2 bridgehead atoms. The van der Waals surface area contributed by atoms with E-state index in [1.807, 2.05) is 10.6 Å². The van der Waals surface area contributed by atoms with Crippen molar-refractivity contribution < 1.29 is 9.72 Å². The Balaban J connectivity index is 1.62. The highest BCUT2D eigenvalue weighted by Gasteiger charge is 2.36. The number of nitro groups is 1. The minimum absolute atomic E-state index is 0.00524. The largest absolute Gasteiger partial charge is 0.338 e. The Hall–Kier alpha value is -2.96. The van der Waals surface area contributed by atoms with Crippen LogP contribution < -0.4 is 5.56 Å². The molecule has 1 fully saturated rings. The summed E-state index contributed by atoms with van der Waals surface area (Å²) in [6.07, 6.45) is 0.960. The molecular weight excluding hydrogens is 322 g/mol. The van der Waals surface area contributed by atoms with Crippen LogP contribution in [-0.4, -0.2) is 33.4 Å². The second-order valence-electron chi connectivity index (χ2n) is 6.72. The number of carbonyl (C=O) groups is 1. The van der Waals surface area contributed by atoms with Crippen molar-refractivity contribution in [3.63, 3.8) is 0 Å². The molecule has 2 aliphatic heterocycles. The van der Waals surface area contributed by atoms with Crippen molar-refractivity contribution in [1.82, 2.24) is 9.47 Å². The molecule has 2 atom stereocenters. The fourth-order valence-electron chi connectivity index (χ4n) is 4.00. The lowest BCUT2D eigenvalue weighted by Gasteiger charge is -2.42. The summed E-state index contributed by atoms with van der Waals surface area (Å²) in [5.41, 5.74) is 1.23. The van der Waals surface area contributed by atoms with Crippen molar-refractivity contribution in [2.45, 2.75) is 18.9 Å². The van der Waals surface area contributed by atoms with E-state index in [-0.39, 0.29) is 29.0 Å². The fraction of sp³-hybridized carbons (Fsp3) is 0.333. The number of nitrogens with zero attached hydrogens (tertiary/aromatic N) is 3. The van der Waals surface area contributed by atoms with E-state index < -0.39 is 4.92 Å². The minimum Gasteiger partial charge on any atom is -0.338 e. The van der Waals surface area contributed by atoms with E-state index in [4.69, 9.17) is 0 Å². The van der Waals surface area contributed by atoms with E-state index in [2.05, 4.69) is 0 Å². The first-order valence-electron chi connectivity index (χ1n) is 8.26. The van der Waals surface area contributed by atoms with Gasteiger partial charge in [-0.3, -0.25) is 19.7 Å². The molecule has 1 amide bonds. The molecule has 7 nitrogen and oxygen atoms in total. The average Bonchev–Trinajstić information content (AvgIpc) is 2.62. The third-order valence-corrected chi connectivity index (χ3v) is 5.07. The molecule has 128 valence electrons. The summed E-state index contributed by atoms with van der Waals surface area (Å²) in [6.45, 7) is 1.71. The van der Waals surface area contributed by atoms with Gasteiger partial charge in [0.2, 0.25) is 0 Å². The SMILES string of the molecule is O=C(c1cccc([N+](=O)[O-])c1)N1C[C@@H]2C[C@H](C1)c1cccc(=O)n1C2. The van der Waals surface area contributed by atoms with Crippen molar-refractivity contribution in [3.8, 4) is 0 Å². The molecule has 0 unspecified atom stereocenters. The molecule has 1 saturated heterocycles. The summed E-state index contributed by atoms with van der Waals surface area (Å²) in [5.74, 6) is 0.170. The van der Waals surface area contributed by atoms with Crippen molar-refractivity contribution in [3.05, 3.63) is 74.2 Å². The Morgan fingerprint density at radius 2 is 1.92 bits per heavy atom. The minimum atomic E-state index is -0.496. The number of fused-ring (bicyclic) bond motifs is 4. The number of hydrogen-bond donors (Lipinski definition) is 0. The number of piperidine rings is 1. The number of aromatic nitrogens is 1. The molecule has 0 aliphatic carbocycles. The lowest BCUT2D eigenvalue weighted by molar-refractivity contribution is -0.384. The fourth-order valence-corrected chi connectivity index (χ4v) is 4.00.